The average Bonchev–Trinajstić information content (AvgIpc) is 3.82. The Morgan fingerprint density at radius 2 is 1.72 bits per heavy atom. The third-order valence-corrected chi connectivity index (χ3v) is 11.3. The van der Waals surface area contributed by atoms with Crippen molar-refractivity contribution in [3.05, 3.63) is 87.3 Å². The number of ether oxygens (including phenoxy) is 1. The number of fused-ring (bicyclic) bond motifs is 1. The first-order chi connectivity index (χ1) is 30.4. The van der Waals surface area contributed by atoms with Gasteiger partial charge in [0.2, 0.25) is 11.8 Å². The van der Waals surface area contributed by atoms with E-state index in [2.05, 4.69) is 10.1 Å². The zero-order valence-electron chi connectivity index (χ0n) is 38.2. The number of amides is 4. The van der Waals surface area contributed by atoms with Gasteiger partial charge in [-0.3, -0.25) is 39.0 Å². The number of aromatic nitrogens is 3. The second kappa shape index (κ2) is 15.7. The molecule has 4 amide bonds. The third-order valence-electron chi connectivity index (χ3n) is 10.6. The van der Waals surface area contributed by atoms with Crippen LogP contribution in [0.2, 0.25) is 10.0 Å². The Hall–Kier alpha value is -5.12. The van der Waals surface area contributed by atoms with Crippen molar-refractivity contribution in [2.24, 2.45) is 5.92 Å². The van der Waals surface area contributed by atoms with E-state index in [1.54, 1.807) is 30.1 Å². The molecule has 0 spiro atoms. The number of nitrogen functional groups attached to an aromatic ring is 1. The van der Waals surface area contributed by atoms with E-state index in [0.29, 0.717) is 52.7 Å². The van der Waals surface area contributed by atoms with Crippen molar-refractivity contribution in [2.75, 3.05) is 43.2 Å². The lowest BCUT2D eigenvalue weighted by molar-refractivity contribution is -0.136. The lowest BCUT2D eigenvalue weighted by atomic mass is 9.85. The Kier molecular flexibility index (Phi) is 8.25. The van der Waals surface area contributed by atoms with E-state index in [1.807, 2.05) is 5.32 Å². The third kappa shape index (κ3) is 7.55. The number of nitrogens with zero attached hydrogens (tertiary/aromatic N) is 6. The normalized spacial score (nSPS) is 27.8. The first-order valence-electron chi connectivity index (χ1n) is 22.1. The number of piperidine rings is 1. The minimum absolute atomic E-state index is 0.0673. The Morgan fingerprint density at radius 1 is 0.965 bits per heavy atom. The summed E-state index contributed by atoms with van der Waals surface area (Å²) in [5.74, 6) is -6.22. The van der Waals surface area contributed by atoms with Gasteiger partial charge in [-0.05, 0) is 75.3 Å². The van der Waals surface area contributed by atoms with Crippen LogP contribution in [0.25, 0.3) is 11.1 Å². The van der Waals surface area contributed by atoms with Crippen molar-refractivity contribution >= 4 is 58.3 Å². The van der Waals surface area contributed by atoms with Crippen molar-refractivity contribution < 1.29 is 43.7 Å². The quantitative estimate of drug-likeness (QED) is 0.147. The molecule has 2 aromatic carbocycles. The van der Waals surface area contributed by atoms with E-state index in [4.69, 9.17) is 44.6 Å². The lowest BCUT2D eigenvalue weighted by Crippen LogP contribution is -2.54. The summed E-state index contributed by atoms with van der Waals surface area (Å²) < 4.78 is 110. The Morgan fingerprint density at radius 3 is 2.46 bits per heavy atom. The molecule has 0 radical (unpaired) electrons. The zero-order valence-corrected chi connectivity index (χ0v) is 31.7. The number of nitrogens with two attached hydrogens (primary N) is 1. The number of carbonyl (C=O) groups is 4. The van der Waals surface area contributed by atoms with Crippen molar-refractivity contribution in [1.82, 2.24) is 29.9 Å². The molecule has 1 saturated carbocycles. The Bertz CT molecular complexity index is 2630. The van der Waals surface area contributed by atoms with E-state index in [1.165, 1.54) is 12.3 Å². The van der Waals surface area contributed by atoms with E-state index in [-0.39, 0.29) is 51.0 Å². The van der Waals surface area contributed by atoms with Crippen LogP contribution in [0.1, 0.15) is 94.8 Å². The molecule has 1 aliphatic carbocycles. The van der Waals surface area contributed by atoms with Crippen LogP contribution in [-0.4, -0.2) is 86.8 Å². The topological polar surface area (TPSA) is 156 Å². The average molecular weight is 830 g/mol. The van der Waals surface area contributed by atoms with Gasteiger partial charge < -0.3 is 15.4 Å². The zero-order chi connectivity index (χ0) is 47.3. The molecule has 3 fully saturated rings. The number of anilines is 2. The van der Waals surface area contributed by atoms with Gasteiger partial charge in [-0.25, -0.2) is 13.8 Å². The van der Waals surface area contributed by atoms with E-state index >= 15 is 4.39 Å². The van der Waals surface area contributed by atoms with Gasteiger partial charge in [0.05, 0.1) is 33.9 Å². The molecule has 298 valence electrons. The highest BCUT2D eigenvalue weighted by atomic mass is 35.5. The standard InChI is InChI=1S/C40H40Cl2F2N8O5/c1-21(34-28(41)6-7-29(43)36(34)42)57-32-14-23(17-46-37(32)45)24-18-47-51(20-24)25-4-2-22(3-5-25)19-49-10-12-50(13-11-49)26-15-27-35(30(44)16-26)40(56)52(39(27)55)31-8-9-33(53)48-38(31)54/h6-7,14-18,20-22,25,31H,2-5,8-13,19H2,1H3,(H2,45,46)(H,48,53,54)/t21-,22?,25?,31?/m1/s1/i10D2,11D2,12D2,13D2. The molecular weight excluding hydrogens is 781 g/mol. The second-order valence-corrected chi connectivity index (χ2v) is 15.0. The molecule has 5 heterocycles. The number of rotatable bonds is 9. The molecule has 17 heteroatoms. The number of benzene rings is 2. The van der Waals surface area contributed by atoms with Gasteiger partial charge in [0.25, 0.3) is 11.8 Å². The molecule has 1 unspecified atom stereocenters. The molecule has 4 aromatic rings. The molecule has 4 aliphatic rings. The van der Waals surface area contributed by atoms with Crippen LogP contribution in [0.15, 0.2) is 48.9 Å². The first-order valence-corrected chi connectivity index (χ1v) is 18.9. The van der Waals surface area contributed by atoms with Crippen LogP contribution in [0.5, 0.6) is 5.75 Å². The van der Waals surface area contributed by atoms with E-state index in [0.717, 1.165) is 12.1 Å². The van der Waals surface area contributed by atoms with Crippen molar-refractivity contribution in [3.8, 4) is 16.9 Å². The van der Waals surface area contributed by atoms with Gasteiger partial charge in [-0.1, -0.05) is 23.2 Å². The number of piperazine rings is 1. The smallest absolute Gasteiger partial charge is 0.265 e. The molecule has 3 aliphatic heterocycles. The summed E-state index contributed by atoms with van der Waals surface area (Å²) >= 11 is 12.5. The summed E-state index contributed by atoms with van der Waals surface area (Å²) in [4.78, 5) is 56.4. The molecular formula is C40H40Cl2F2N8O5. The highest BCUT2D eigenvalue weighted by Gasteiger charge is 2.46. The van der Waals surface area contributed by atoms with Crippen molar-refractivity contribution in [2.45, 2.75) is 63.6 Å². The molecule has 2 saturated heterocycles. The fraction of sp³-hybridized carbons (Fsp3) is 0.400. The van der Waals surface area contributed by atoms with Crippen LogP contribution >= 0.6 is 23.2 Å². The van der Waals surface area contributed by atoms with Crippen molar-refractivity contribution in [1.29, 1.82) is 0 Å². The predicted octanol–water partition coefficient (Wildman–Crippen LogP) is 6.21. The van der Waals surface area contributed by atoms with E-state index < -0.39 is 103 Å². The summed E-state index contributed by atoms with van der Waals surface area (Å²) in [5, 5.41) is 6.59. The SMILES string of the molecule is [2H]C1([2H])N(CC2CCC(n3cc(-c4cnc(N)c(O[C@H](C)c5c(Cl)ccc(F)c5Cl)c4)cn3)CC2)C([2H])([2H])C([2H])([2H])N(c2cc(F)c3c(c2)C(=O)N(C2CCC(=O)NC2=O)C3=O)C1([2H])[2H]. The monoisotopic (exact) mass is 828 g/mol. The summed E-state index contributed by atoms with van der Waals surface area (Å²) in [6, 6.07) is 3.86. The fourth-order valence-corrected chi connectivity index (χ4v) is 8.25. The maximum atomic E-state index is 15.8. The molecule has 8 rings (SSSR count). The number of imide groups is 2. The Labute approximate surface area is 348 Å². The van der Waals surface area contributed by atoms with Gasteiger partial charge >= 0.3 is 0 Å². The lowest BCUT2D eigenvalue weighted by Gasteiger charge is -2.39. The number of carbonyl (C=O) groups excluding carboxylic acids is 4. The van der Waals surface area contributed by atoms with Gasteiger partial charge in [-0.15, -0.1) is 0 Å². The number of pyridine rings is 1. The minimum atomic E-state index is -3.42. The van der Waals surface area contributed by atoms with Crippen LogP contribution in [0.4, 0.5) is 20.3 Å². The Balaban J connectivity index is 0.968. The molecule has 13 nitrogen and oxygen atoms in total. The second-order valence-electron chi connectivity index (χ2n) is 14.2. The summed E-state index contributed by atoms with van der Waals surface area (Å²) in [6.45, 7) is -12.1. The molecule has 0 bridgehead atoms. The summed E-state index contributed by atoms with van der Waals surface area (Å²) in [7, 11) is 0. The van der Waals surface area contributed by atoms with E-state index in [9.17, 15) is 23.6 Å². The largest absolute Gasteiger partial charge is 0.482 e. The minimum Gasteiger partial charge on any atom is -0.482 e. The van der Waals surface area contributed by atoms with Crippen LogP contribution in [-0.2, 0) is 9.59 Å². The number of hydrogen-bond acceptors (Lipinski definition) is 10. The molecule has 3 N–H and O–H groups in total. The number of hydrogen-bond donors (Lipinski definition) is 2. The maximum Gasteiger partial charge on any atom is 0.265 e. The molecule has 2 atom stereocenters. The van der Waals surface area contributed by atoms with Crippen LogP contribution in [0.3, 0.4) is 0 Å². The fourth-order valence-electron chi connectivity index (χ4n) is 7.57. The van der Waals surface area contributed by atoms with Crippen molar-refractivity contribution in [3.63, 3.8) is 0 Å². The van der Waals surface area contributed by atoms with Gasteiger partial charge in [0.15, 0.2) is 11.6 Å². The van der Waals surface area contributed by atoms with Gasteiger partial charge in [0.1, 0.15) is 23.8 Å². The summed E-state index contributed by atoms with van der Waals surface area (Å²) in [5.41, 5.74) is 5.39. The first kappa shape index (κ1) is 30.0. The maximum absolute atomic E-state index is 15.8. The molecule has 57 heavy (non-hydrogen) atoms. The van der Waals surface area contributed by atoms with Gasteiger partial charge in [-0.2, -0.15) is 5.10 Å². The predicted molar refractivity (Wildman–Crippen MR) is 208 cm³/mol. The van der Waals surface area contributed by atoms with Gasteiger partial charge in [0, 0.05) is 84.2 Å². The highest BCUT2D eigenvalue weighted by Crippen LogP contribution is 2.39. The molecule has 2 aromatic heterocycles. The number of nitrogens with one attached hydrogen (secondary N) is 1. The van der Waals surface area contributed by atoms with Crippen LogP contribution in [0, 0.1) is 17.6 Å². The highest BCUT2D eigenvalue weighted by molar-refractivity contribution is 6.36. The number of halogens is 4. The summed E-state index contributed by atoms with van der Waals surface area (Å²) in [6.07, 6.45) is 5.49. The van der Waals surface area contributed by atoms with Crippen LogP contribution < -0.4 is 20.7 Å².